The van der Waals surface area contributed by atoms with Crippen molar-refractivity contribution >= 4 is 40.4 Å². The zero-order chi connectivity index (χ0) is 36.9. The van der Waals surface area contributed by atoms with E-state index in [1.807, 2.05) is 0 Å². The third-order valence-corrected chi connectivity index (χ3v) is 9.97. The molecule has 0 fully saturated rings. The Labute approximate surface area is 316 Å². The van der Waals surface area contributed by atoms with Crippen LogP contribution in [0.25, 0.3) is 23.3 Å². The first-order chi connectivity index (χ1) is 25.7. The third-order valence-electron chi connectivity index (χ3n) is 9.97. The Morgan fingerprint density at radius 3 is 0.943 bits per heavy atom. The van der Waals surface area contributed by atoms with Crippen LogP contribution in [0, 0.1) is 41.5 Å². The Balaban J connectivity index is 1.27. The van der Waals surface area contributed by atoms with Gasteiger partial charge < -0.3 is 4.90 Å². The predicted molar refractivity (Wildman–Crippen MR) is 229 cm³/mol. The smallest absolute Gasteiger partial charge is 0.0490 e. The molecule has 1 heteroatoms. The van der Waals surface area contributed by atoms with Crippen molar-refractivity contribution in [2.45, 2.75) is 41.5 Å². The molecule has 0 aromatic heterocycles. The molecule has 0 aliphatic heterocycles. The molecular formula is C52H47N. The molecule has 0 unspecified atom stereocenters. The third kappa shape index (κ3) is 8.32. The first kappa shape index (κ1) is 35.2. The van der Waals surface area contributed by atoms with E-state index >= 15 is 0 Å². The van der Waals surface area contributed by atoms with Gasteiger partial charge in [0.2, 0.25) is 0 Å². The molecule has 0 amide bonds. The molecule has 0 aliphatic carbocycles. The number of nitrogens with zero attached hydrogens (tertiary/aromatic N) is 1. The largest absolute Gasteiger partial charge is 0.310 e. The summed E-state index contributed by atoms with van der Waals surface area (Å²) >= 11 is 0. The van der Waals surface area contributed by atoms with Crippen LogP contribution in [0.15, 0.2) is 164 Å². The quantitative estimate of drug-likeness (QED) is 0.137. The van der Waals surface area contributed by atoms with Crippen molar-refractivity contribution in [3.05, 3.63) is 231 Å². The first-order valence-electron chi connectivity index (χ1n) is 18.5. The second-order valence-electron chi connectivity index (χ2n) is 14.4. The van der Waals surface area contributed by atoms with Crippen LogP contribution < -0.4 is 4.90 Å². The van der Waals surface area contributed by atoms with E-state index in [2.05, 4.69) is 222 Å². The van der Waals surface area contributed by atoms with Crippen LogP contribution in [-0.4, -0.2) is 0 Å². The van der Waals surface area contributed by atoms with Gasteiger partial charge in [-0.05, 0) is 134 Å². The fourth-order valence-electron chi connectivity index (χ4n) is 6.86. The zero-order valence-electron chi connectivity index (χ0n) is 31.7. The highest BCUT2D eigenvalue weighted by Crippen LogP contribution is 2.38. The fourth-order valence-corrected chi connectivity index (χ4v) is 6.86. The van der Waals surface area contributed by atoms with Crippen molar-refractivity contribution in [3.63, 3.8) is 0 Å². The maximum Gasteiger partial charge on any atom is 0.0490 e. The van der Waals surface area contributed by atoms with Crippen molar-refractivity contribution in [2.24, 2.45) is 0 Å². The Hall–Kier alpha value is -6.18. The topological polar surface area (TPSA) is 3.24 Å². The number of benzene rings is 7. The predicted octanol–water partition coefficient (Wildman–Crippen LogP) is 14.2. The van der Waals surface area contributed by atoms with Crippen LogP contribution in [0.2, 0.25) is 0 Å². The lowest BCUT2D eigenvalue weighted by atomic mass is 9.94. The van der Waals surface area contributed by atoms with E-state index in [-0.39, 0.29) is 0 Å². The molecule has 0 heterocycles. The molecule has 0 bridgehead atoms. The van der Waals surface area contributed by atoms with Crippen LogP contribution in [-0.2, 0) is 0 Å². The second kappa shape index (κ2) is 15.6. The summed E-state index contributed by atoms with van der Waals surface area (Å²) in [4.78, 5) is 2.37. The van der Waals surface area contributed by atoms with E-state index in [4.69, 9.17) is 0 Å². The van der Waals surface area contributed by atoms with Gasteiger partial charge in [0.05, 0.1) is 0 Å². The summed E-state index contributed by atoms with van der Waals surface area (Å²) in [6, 6.07) is 59.9. The fraction of sp³-hybridized carbons (Fsp3) is 0.115. The Morgan fingerprint density at radius 2 is 0.642 bits per heavy atom. The summed E-state index contributed by atoms with van der Waals surface area (Å²) in [5, 5.41) is 0. The van der Waals surface area contributed by atoms with Crippen molar-refractivity contribution in [2.75, 3.05) is 4.90 Å². The van der Waals surface area contributed by atoms with Gasteiger partial charge in [0.15, 0.2) is 0 Å². The summed E-state index contributed by atoms with van der Waals surface area (Å²) in [6.45, 7) is 12.9. The van der Waals surface area contributed by atoms with Gasteiger partial charge in [-0.25, -0.2) is 0 Å². The highest BCUT2D eigenvalue weighted by molar-refractivity contribution is 5.93. The molecule has 7 aromatic carbocycles. The average Bonchev–Trinajstić information content (AvgIpc) is 3.17. The van der Waals surface area contributed by atoms with Gasteiger partial charge in [0.1, 0.15) is 0 Å². The molecule has 0 saturated carbocycles. The molecule has 0 radical (unpaired) electrons. The van der Waals surface area contributed by atoms with Gasteiger partial charge in [0, 0.05) is 17.1 Å². The molecule has 1 nitrogen and oxygen atoms in total. The van der Waals surface area contributed by atoms with Crippen LogP contribution in [0.1, 0.15) is 66.8 Å². The molecule has 0 saturated heterocycles. The molecule has 260 valence electrons. The van der Waals surface area contributed by atoms with Crippen LogP contribution in [0.4, 0.5) is 17.1 Å². The Morgan fingerprint density at radius 1 is 0.340 bits per heavy atom. The highest BCUT2D eigenvalue weighted by Gasteiger charge is 2.16. The van der Waals surface area contributed by atoms with Crippen molar-refractivity contribution in [3.8, 4) is 0 Å². The second-order valence-corrected chi connectivity index (χ2v) is 14.4. The lowest BCUT2D eigenvalue weighted by Crippen LogP contribution is -2.11. The van der Waals surface area contributed by atoms with E-state index in [0.29, 0.717) is 0 Å². The molecule has 0 N–H and O–H groups in total. The minimum Gasteiger partial charge on any atom is -0.310 e. The summed E-state index contributed by atoms with van der Waals surface area (Å²) in [5.74, 6) is 0. The first-order valence-corrected chi connectivity index (χ1v) is 18.5. The minimum absolute atomic E-state index is 1.12. The molecule has 53 heavy (non-hydrogen) atoms. The maximum absolute atomic E-state index is 2.37. The van der Waals surface area contributed by atoms with E-state index in [0.717, 1.165) is 22.5 Å². The number of aryl methyl sites for hydroxylation is 6. The maximum atomic E-state index is 2.37. The van der Waals surface area contributed by atoms with Gasteiger partial charge in [-0.2, -0.15) is 0 Å². The molecule has 0 atom stereocenters. The van der Waals surface area contributed by atoms with E-state index in [1.165, 1.54) is 72.5 Å². The van der Waals surface area contributed by atoms with Gasteiger partial charge in [0.25, 0.3) is 0 Å². The highest BCUT2D eigenvalue weighted by atomic mass is 15.1. The van der Waals surface area contributed by atoms with E-state index < -0.39 is 0 Å². The number of hydrogen-bond acceptors (Lipinski definition) is 1. The summed E-state index contributed by atoms with van der Waals surface area (Å²) in [5.41, 5.74) is 20.5. The zero-order valence-corrected chi connectivity index (χ0v) is 31.7. The standard InChI is InChI=1S/C52H47N/c1-36-7-20-44(21-8-36)50(45-22-9-37(2)10-23-45)34-42-16-28-48(29-17-42)53(52-32-15-40(5)33-41(52)6)49-30-18-43(19-31-49)35-51(46-24-11-38(3)12-25-46)47-26-13-39(4)14-27-47/h7-35H,1-6H3. The Kier molecular flexibility index (Phi) is 10.4. The van der Waals surface area contributed by atoms with E-state index in [9.17, 15) is 0 Å². The molecule has 0 spiro atoms. The van der Waals surface area contributed by atoms with Crippen LogP contribution >= 0.6 is 0 Å². The van der Waals surface area contributed by atoms with Gasteiger partial charge in [-0.15, -0.1) is 0 Å². The van der Waals surface area contributed by atoms with Gasteiger partial charge in [-0.1, -0.05) is 161 Å². The molecule has 0 aliphatic rings. The number of hydrogen-bond donors (Lipinski definition) is 0. The van der Waals surface area contributed by atoms with Crippen LogP contribution in [0.3, 0.4) is 0 Å². The molecular weight excluding hydrogens is 639 g/mol. The van der Waals surface area contributed by atoms with E-state index in [1.54, 1.807) is 0 Å². The monoisotopic (exact) mass is 685 g/mol. The lowest BCUT2D eigenvalue weighted by molar-refractivity contribution is 1.24. The normalized spacial score (nSPS) is 10.8. The molecule has 7 rings (SSSR count). The summed E-state index contributed by atoms with van der Waals surface area (Å²) in [6.07, 6.45) is 4.61. The Bertz CT molecular complexity index is 2130. The summed E-state index contributed by atoms with van der Waals surface area (Å²) < 4.78 is 0. The van der Waals surface area contributed by atoms with Crippen molar-refractivity contribution in [1.82, 2.24) is 0 Å². The van der Waals surface area contributed by atoms with Crippen molar-refractivity contribution in [1.29, 1.82) is 0 Å². The number of rotatable bonds is 9. The van der Waals surface area contributed by atoms with Crippen molar-refractivity contribution < 1.29 is 0 Å². The minimum atomic E-state index is 1.12. The van der Waals surface area contributed by atoms with Gasteiger partial charge in [-0.3, -0.25) is 0 Å². The van der Waals surface area contributed by atoms with Crippen LogP contribution in [0.5, 0.6) is 0 Å². The SMILES string of the molecule is Cc1ccc(C(=Cc2ccc(N(c3ccc(C=C(c4ccc(C)cc4)c4ccc(C)cc4)cc3)c3ccc(C)cc3C)cc2)c2ccc(C)cc2)cc1. The molecule has 7 aromatic rings. The lowest BCUT2D eigenvalue weighted by Gasteiger charge is -2.27. The van der Waals surface area contributed by atoms with Gasteiger partial charge >= 0.3 is 0 Å². The average molecular weight is 686 g/mol. The number of anilines is 3. The summed E-state index contributed by atoms with van der Waals surface area (Å²) in [7, 11) is 0.